The Balaban J connectivity index is 2.62. The van der Waals surface area contributed by atoms with Gasteiger partial charge >= 0.3 is 6.09 Å². The first-order valence-electron chi connectivity index (χ1n) is 10.2. The number of carbonyl (C=O) groups excluding carboxylic acids is 1. The van der Waals surface area contributed by atoms with Crippen LogP contribution in [0.3, 0.4) is 0 Å². The highest BCUT2D eigenvalue weighted by Crippen LogP contribution is 2.36. The van der Waals surface area contributed by atoms with E-state index in [0.29, 0.717) is 13.2 Å². The van der Waals surface area contributed by atoms with Gasteiger partial charge in [0.15, 0.2) is 8.32 Å². The van der Waals surface area contributed by atoms with E-state index >= 15 is 0 Å². The van der Waals surface area contributed by atoms with Crippen LogP contribution in [0.4, 0.5) is 4.79 Å². The van der Waals surface area contributed by atoms with Gasteiger partial charge in [-0.15, -0.1) is 0 Å². The number of ether oxygens (including phenoxy) is 2. The lowest BCUT2D eigenvalue weighted by atomic mass is 10.2. The van der Waals surface area contributed by atoms with E-state index in [9.17, 15) is 4.79 Å². The summed E-state index contributed by atoms with van der Waals surface area (Å²) in [5.41, 5.74) is 0.453. The van der Waals surface area contributed by atoms with Crippen LogP contribution < -0.4 is 10.1 Å². The van der Waals surface area contributed by atoms with Gasteiger partial charge in [0.05, 0.1) is 6.61 Å². The third-order valence-electron chi connectivity index (χ3n) is 4.79. The number of nitrogens with one attached hydrogen (secondary N) is 1. The van der Waals surface area contributed by atoms with Gasteiger partial charge in [0.1, 0.15) is 17.5 Å². The minimum atomic E-state index is -1.80. The SMILES string of the molecule is C[C@H](CO[Si](C)(C)C(C)(C)C)Oc1ccccc1/C=C/CNC(=O)OC(C)(C)C. The van der Waals surface area contributed by atoms with E-state index < -0.39 is 20.0 Å². The molecule has 5 nitrogen and oxygen atoms in total. The van der Waals surface area contributed by atoms with E-state index in [1.165, 1.54) is 0 Å². The molecule has 0 heterocycles. The van der Waals surface area contributed by atoms with E-state index in [1.54, 1.807) is 0 Å². The largest absolute Gasteiger partial charge is 0.488 e. The van der Waals surface area contributed by atoms with Crippen molar-refractivity contribution in [3.8, 4) is 5.75 Å². The van der Waals surface area contributed by atoms with E-state index in [2.05, 4.69) is 39.2 Å². The maximum atomic E-state index is 11.7. The predicted molar refractivity (Wildman–Crippen MR) is 123 cm³/mol. The third kappa shape index (κ3) is 9.50. The van der Waals surface area contributed by atoms with Gasteiger partial charge in [0, 0.05) is 12.1 Å². The summed E-state index contributed by atoms with van der Waals surface area (Å²) >= 11 is 0. The molecule has 0 aliphatic heterocycles. The Kier molecular flexibility index (Phi) is 8.97. The molecule has 0 unspecified atom stereocenters. The minimum Gasteiger partial charge on any atom is -0.488 e. The van der Waals surface area contributed by atoms with Crippen molar-refractivity contribution in [1.82, 2.24) is 5.32 Å². The number of para-hydroxylation sites is 1. The topological polar surface area (TPSA) is 56.8 Å². The molecule has 0 saturated heterocycles. The van der Waals surface area contributed by atoms with Crippen LogP contribution in [-0.4, -0.2) is 39.3 Å². The molecule has 0 aromatic heterocycles. The van der Waals surface area contributed by atoms with Crippen LogP contribution >= 0.6 is 0 Å². The average molecular weight is 422 g/mol. The van der Waals surface area contributed by atoms with Gasteiger partial charge in [0.2, 0.25) is 0 Å². The van der Waals surface area contributed by atoms with Crippen LogP contribution in [0.2, 0.25) is 18.1 Å². The van der Waals surface area contributed by atoms with Gasteiger partial charge in [-0.05, 0) is 51.9 Å². The number of hydrogen-bond donors (Lipinski definition) is 1. The summed E-state index contributed by atoms with van der Waals surface area (Å²) < 4.78 is 17.6. The molecule has 29 heavy (non-hydrogen) atoms. The van der Waals surface area contributed by atoms with Crippen LogP contribution in [0.25, 0.3) is 6.08 Å². The van der Waals surface area contributed by atoms with Crippen molar-refractivity contribution in [3.63, 3.8) is 0 Å². The highest BCUT2D eigenvalue weighted by molar-refractivity contribution is 6.74. The van der Waals surface area contributed by atoms with Gasteiger partial charge in [-0.2, -0.15) is 0 Å². The van der Waals surface area contributed by atoms with Crippen molar-refractivity contribution in [1.29, 1.82) is 0 Å². The normalized spacial score (nSPS) is 14.0. The Morgan fingerprint density at radius 2 is 1.76 bits per heavy atom. The van der Waals surface area contributed by atoms with Crippen molar-refractivity contribution in [2.75, 3.05) is 13.2 Å². The smallest absolute Gasteiger partial charge is 0.407 e. The molecule has 1 aromatic rings. The molecule has 164 valence electrons. The molecular weight excluding hydrogens is 382 g/mol. The number of alkyl carbamates (subject to hydrolysis) is 1. The summed E-state index contributed by atoms with van der Waals surface area (Å²) in [6.45, 7) is 19.7. The van der Waals surface area contributed by atoms with Gasteiger partial charge in [-0.25, -0.2) is 4.79 Å². The molecule has 0 bridgehead atoms. The first-order valence-corrected chi connectivity index (χ1v) is 13.2. The Labute approximate surface area is 178 Å². The fourth-order valence-corrected chi connectivity index (χ4v) is 3.25. The number of rotatable bonds is 8. The Hall–Kier alpha value is -1.79. The van der Waals surface area contributed by atoms with Crippen LogP contribution in [0.1, 0.15) is 54.0 Å². The molecule has 0 aliphatic rings. The maximum Gasteiger partial charge on any atom is 0.407 e. The van der Waals surface area contributed by atoms with Gasteiger partial charge in [0.25, 0.3) is 0 Å². The highest BCUT2D eigenvalue weighted by atomic mass is 28.4. The zero-order valence-electron chi connectivity index (χ0n) is 19.6. The molecule has 6 heteroatoms. The molecule has 1 aromatic carbocycles. The summed E-state index contributed by atoms with van der Waals surface area (Å²) in [4.78, 5) is 11.7. The zero-order valence-corrected chi connectivity index (χ0v) is 20.6. The third-order valence-corrected chi connectivity index (χ3v) is 9.29. The number of benzene rings is 1. The molecule has 0 fully saturated rings. The van der Waals surface area contributed by atoms with Crippen LogP contribution in [0.5, 0.6) is 5.75 Å². The number of amides is 1. The molecule has 0 spiro atoms. The zero-order chi connectivity index (χ0) is 22.3. The summed E-state index contributed by atoms with van der Waals surface area (Å²) in [5.74, 6) is 0.798. The molecular formula is C23H39NO4Si. The van der Waals surface area contributed by atoms with Gasteiger partial charge < -0.3 is 19.2 Å². The Bertz CT molecular complexity index is 687. The lowest BCUT2D eigenvalue weighted by Crippen LogP contribution is -2.43. The monoisotopic (exact) mass is 421 g/mol. The maximum absolute atomic E-state index is 11.7. The first-order chi connectivity index (χ1) is 13.2. The molecule has 1 rings (SSSR count). The molecule has 0 radical (unpaired) electrons. The highest BCUT2D eigenvalue weighted by Gasteiger charge is 2.37. The Morgan fingerprint density at radius 1 is 1.14 bits per heavy atom. The van der Waals surface area contributed by atoms with Gasteiger partial charge in [-0.3, -0.25) is 0 Å². The summed E-state index contributed by atoms with van der Waals surface area (Å²) in [6.07, 6.45) is 3.33. The lowest BCUT2D eigenvalue weighted by molar-refractivity contribution is 0.0534. The van der Waals surface area contributed by atoms with Crippen molar-refractivity contribution in [2.24, 2.45) is 0 Å². The fourth-order valence-electron chi connectivity index (χ4n) is 2.16. The molecule has 1 N–H and O–H groups in total. The first kappa shape index (κ1) is 25.2. The number of carbonyl (C=O) groups is 1. The van der Waals surface area contributed by atoms with Crippen molar-refractivity contribution in [3.05, 3.63) is 35.9 Å². The second-order valence-corrected chi connectivity index (χ2v) is 14.6. The minimum absolute atomic E-state index is 0.0569. The van der Waals surface area contributed by atoms with Crippen molar-refractivity contribution >= 4 is 20.5 Å². The predicted octanol–water partition coefficient (Wildman–Crippen LogP) is 6.01. The van der Waals surface area contributed by atoms with Crippen LogP contribution in [0, 0.1) is 0 Å². The van der Waals surface area contributed by atoms with E-state index in [4.69, 9.17) is 13.9 Å². The molecule has 0 aliphatic carbocycles. The summed E-state index contributed by atoms with van der Waals surface area (Å²) in [7, 11) is -1.80. The molecule has 1 amide bonds. The summed E-state index contributed by atoms with van der Waals surface area (Å²) in [6, 6.07) is 7.85. The second-order valence-electron chi connectivity index (χ2n) is 9.82. The van der Waals surface area contributed by atoms with E-state index in [1.807, 2.05) is 64.1 Å². The molecule has 1 atom stereocenters. The standard InChI is InChI=1S/C23H39NO4Si/c1-18(17-26-29(8,9)23(5,6)7)27-20-15-11-10-13-19(20)14-12-16-24-21(25)28-22(2,3)4/h10-15,18H,16-17H2,1-9H3,(H,24,25)/b14-12+/t18-/m1/s1. The van der Waals surface area contributed by atoms with Crippen molar-refractivity contribution in [2.45, 2.75) is 78.3 Å². The summed E-state index contributed by atoms with van der Waals surface area (Å²) in [5, 5.41) is 2.89. The Morgan fingerprint density at radius 3 is 2.34 bits per heavy atom. The van der Waals surface area contributed by atoms with Crippen LogP contribution in [-0.2, 0) is 9.16 Å². The van der Waals surface area contributed by atoms with Crippen molar-refractivity contribution < 1.29 is 18.7 Å². The van der Waals surface area contributed by atoms with E-state index in [-0.39, 0.29) is 11.1 Å². The molecule has 0 saturated carbocycles. The second kappa shape index (κ2) is 10.3. The van der Waals surface area contributed by atoms with E-state index in [0.717, 1.165) is 11.3 Å². The average Bonchev–Trinajstić information content (AvgIpc) is 2.56. The number of hydrogen-bond acceptors (Lipinski definition) is 4. The quantitative estimate of drug-likeness (QED) is 0.522. The van der Waals surface area contributed by atoms with Gasteiger partial charge in [-0.1, -0.05) is 51.1 Å². The van der Waals surface area contributed by atoms with Crippen LogP contribution in [0.15, 0.2) is 30.3 Å². The fraction of sp³-hybridized carbons (Fsp3) is 0.609. The lowest BCUT2D eigenvalue weighted by Gasteiger charge is -2.37.